The molecular formula is C24H32ClN3O2S. The molecule has 3 aromatic rings. The molecule has 5 nitrogen and oxygen atoms in total. The van der Waals surface area contributed by atoms with Crippen molar-refractivity contribution in [3.05, 3.63) is 53.1 Å². The molecule has 0 aliphatic carbocycles. The van der Waals surface area contributed by atoms with Crippen LogP contribution in [-0.4, -0.2) is 48.6 Å². The second kappa shape index (κ2) is 11.5. The summed E-state index contributed by atoms with van der Waals surface area (Å²) in [5, 5.41) is 0.740. The van der Waals surface area contributed by atoms with Crippen molar-refractivity contribution in [3.63, 3.8) is 0 Å². The van der Waals surface area contributed by atoms with Crippen LogP contribution in [0.2, 0.25) is 0 Å². The van der Waals surface area contributed by atoms with Gasteiger partial charge in [-0.1, -0.05) is 43.4 Å². The quantitative estimate of drug-likeness (QED) is 0.428. The van der Waals surface area contributed by atoms with E-state index >= 15 is 0 Å². The molecule has 0 aliphatic rings. The summed E-state index contributed by atoms with van der Waals surface area (Å²) in [5.74, 6) is 0.639. The number of halogens is 1. The van der Waals surface area contributed by atoms with Gasteiger partial charge in [0.05, 0.1) is 10.2 Å². The van der Waals surface area contributed by atoms with E-state index in [4.69, 9.17) is 9.72 Å². The van der Waals surface area contributed by atoms with Crippen molar-refractivity contribution < 1.29 is 9.53 Å². The lowest BCUT2D eigenvalue weighted by atomic mass is 10.1. The number of anilines is 1. The van der Waals surface area contributed by atoms with Crippen LogP contribution >= 0.6 is 23.7 Å². The fraction of sp³-hybridized carbons (Fsp3) is 0.417. The lowest BCUT2D eigenvalue weighted by molar-refractivity contribution is -0.120. The molecule has 1 amide bonds. The van der Waals surface area contributed by atoms with Crippen LogP contribution in [0.4, 0.5) is 5.13 Å². The maximum absolute atomic E-state index is 13.2. The number of rotatable bonds is 9. The number of likely N-dealkylation sites (N-methyl/N-ethyl adjacent to an activating group) is 1. The Balaban J connectivity index is 0.00000341. The second-order valence-corrected chi connectivity index (χ2v) is 8.58. The van der Waals surface area contributed by atoms with E-state index in [1.54, 1.807) is 16.2 Å². The molecule has 0 atom stereocenters. The van der Waals surface area contributed by atoms with E-state index in [9.17, 15) is 4.79 Å². The molecule has 0 saturated carbocycles. The van der Waals surface area contributed by atoms with Crippen LogP contribution in [-0.2, 0) is 4.79 Å². The minimum Gasteiger partial charge on any atom is -0.484 e. The fourth-order valence-corrected chi connectivity index (χ4v) is 4.58. The molecule has 168 valence electrons. The summed E-state index contributed by atoms with van der Waals surface area (Å²) >= 11 is 1.58. The first kappa shape index (κ1) is 25.1. The molecule has 1 heterocycles. The maximum atomic E-state index is 13.2. The molecule has 0 aliphatic heterocycles. The van der Waals surface area contributed by atoms with Crippen molar-refractivity contribution in [3.8, 4) is 5.75 Å². The Hall–Kier alpha value is -2.15. The van der Waals surface area contributed by atoms with Gasteiger partial charge in [0, 0.05) is 13.1 Å². The highest BCUT2D eigenvalue weighted by Crippen LogP contribution is 2.32. The zero-order valence-electron chi connectivity index (χ0n) is 19.0. The Morgan fingerprint density at radius 3 is 2.45 bits per heavy atom. The number of carbonyl (C=O) groups excluding carboxylic acids is 1. The minimum atomic E-state index is -0.0721. The van der Waals surface area contributed by atoms with E-state index in [2.05, 4.69) is 44.7 Å². The number of amides is 1. The molecule has 31 heavy (non-hydrogen) atoms. The van der Waals surface area contributed by atoms with Crippen molar-refractivity contribution in [2.24, 2.45) is 0 Å². The molecule has 2 aromatic carbocycles. The lowest BCUT2D eigenvalue weighted by Crippen LogP contribution is -2.41. The minimum absolute atomic E-state index is 0. The maximum Gasteiger partial charge on any atom is 0.266 e. The van der Waals surface area contributed by atoms with Gasteiger partial charge in [-0.25, -0.2) is 4.98 Å². The number of thiazole rings is 1. The molecule has 1 aromatic heterocycles. The SMILES string of the molecule is CCN(CC)CCN(C(=O)COc1cccc(C)c1)c1nc2cc(C)cc(C)c2s1.Cl. The van der Waals surface area contributed by atoms with Crippen molar-refractivity contribution in [2.45, 2.75) is 34.6 Å². The second-order valence-electron chi connectivity index (χ2n) is 7.60. The van der Waals surface area contributed by atoms with Crippen LogP contribution in [0.15, 0.2) is 36.4 Å². The zero-order chi connectivity index (χ0) is 21.7. The molecule has 7 heteroatoms. The normalized spacial score (nSPS) is 10.9. The van der Waals surface area contributed by atoms with E-state index in [0.717, 1.165) is 40.5 Å². The van der Waals surface area contributed by atoms with Gasteiger partial charge in [0.1, 0.15) is 5.75 Å². The highest BCUT2D eigenvalue weighted by atomic mass is 35.5. The molecule has 0 spiro atoms. The highest BCUT2D eigenvalue weighted by Gasteiger charge is 2.21. The number of benzene rings is 2. The Kier molecular flexibility index (Phi) is 9.29. The summed E-state index contributed by atoms with van der Waals surface area (Å²) in [7, 11) is 0. The third-order valence-electron chi connectivity index (χ3n) is 5.23. The van der Waals surface area contributed by atoms with Gasteiger partial charge in [-0.2, -0.15) is 0 Å². The molecule has 0 unspecified atom stereocenters. The largest absolute Gasteiger partial charge is 0.484 e. The van der Waals surface area contributed by atoms with E-state index in [1.807, 2.05) is 31.2 Å². The molecule has 3 rings (SSSR count). The summed E-state index contributed by atoms with van der Waals surface area (Å²) in [5.41, 5.74) is 4.43. The Morgan fingerprint density at radius 1 is 1.03 bits per heavy atom. The summed E-state index contributed by atoms with van der Waals surface area (Å²) < 4.78 is 6.93. The number of nitrogens with zero attached hydrogens (tertiary/aromatic N) is 3. The van der Waals surface area contributed by atoms with Gasteiger partial charge in [0.15, 0.2) is 11.7 Å². The number of fused-ring (bicyclic) bond motifs is 1. The van der Waals surface area contributed by atoms with Gasteiger partial charge in [0.2, 0.25) is 0 Å². The summed E-state index contributed by atoms with van der Waals surface area (Å²) in [6.07, 6.45) is 0. The van der Waals surface area contributed by atoms with Crippen LogP contribution in [0.1, 0.15) is 30.5 Å². The molecule has 0 N–H and O–H groups in total. The predicted molar refractivity (Wildman–Crippen MR) is 133 cm³/mol. The Labute approximate surface area is 195 Å². The molecule has 0 saturated heterocycles. The van der Waals surface area contributed by atoms with Gasteiger partial charge in [-0.05, 0) is 68.8 Å². The van der Waals surface area contributed by atoms with Gasteiger partial charge in [0.25, 0.3) is 5.91 Å². The molecule has 0 radical (unpaired) electrons. The molecular weight excluding hydrogens is 430 g/mol. The first-order valence-corrected chi connectivity index (χ1v) is 11.3. The number of hydrogen-bond donors (Lipinski definition) is 0. The lowest BCUT2D eigenvalue weighted by Gasteiger charge is -2.24. The number of aromatic nitrogens is 1. The van der Waals surface area contributed by atoms with Crippen molar-refractivity contribution >= 4 is 45.0 Å². The Bertz CT molecular complexity index is 1020. The number of hydrogen-bond acceptors (Lipinski definition) is 5. The topological polar surface area (TPSA) is 45.7 Å². The summed E-state index contributed by atoms with van der Waals surface area (Å²) in [6.45, 7) is 13.8. The Morgan fingerprint density at radius 2 is 1.77 bits per heavy atom. The van der Waals surface area contributed by atoms with E-state index < -0.39 is 0 Å². The smallest absolute Gasteiger partial charge is 0.266 e. The molecule has 0 bridgehead atoms. The van der Waals surface area contributed by atoms with Gasteiger partial charge in [-0.15, -0.1) is 12.4 Å². The van der Waals surface area contributed by atoms with E-state index in [0.29, 0.717) is 12.3 Å². The van der Waals surface area contributed by atoms with E-state index in [1.165, 1.54) is 11.1 Å². The van der Waals surface area contributed by atoms with E-state index in [-0.39, 0.29) is 24.9 Å². The van der Waals surface area contributed by atoms with Gasteiger partial charge < -0.3 is 9.64 Å². The van der Waals surface area contributed by atoms with Crippen molar-refractivity contribution in [2.75, 3.05) is 37.7 Å². The first-order valence-electron chi connectivity index (χ1n) is 10.5. The van der Waals surface area contributed by atoms with Crippen LogP contribution in [0.5, 0.6) is 5.75 Å². The summed E-state index contributed by atoms with van der Waals surface area (Å²) in [6, 6.07) is 12.0. The van der Waals surface area contributed by atoms with Crippen molar-refractivity contribution in [1.29, 1.82) is 0 Å². The van der Waals surface area contributed by atoms with Crippen molar-refractivity contribution in [1.82, 2.24) is 9.88 Å². The average Bonchev–Trinajstić information content (AvgIpc) is 3.13. The number of carbonyl (C=O) groups is 1. The van der Waals surface area contributed by atoms with Crippen LogP contribution in [0, 0.1) is 20.8 Å². The molecule has 0 fully saturated rings. The third kappa shape index (κ3) is 6.42. The average molecular weight is 462 g/mol. The predicted octanol–water partition coefficient (Wildman–Crippen LogP) is 5.40. The van der Waals surface area contributed by atoms with Gasteiger partial charge >= 0.3 is 0 Å². The third-order valence-corrected chi connectivity index (χ3v) is 6.46. The highest BCUT2D eigenvalue weighted by molar-refractivity contribution is 7.22. The monoisotopic (exact) mass is 461 g/mol. The first-order chi connectivity index (χ1) is 14.4. The summed E-state index contributed by atoms with van der Waals surface area (Å²) in [4.78, 5) is 22.1. The number of aryl methyl sites for hydroxylation is 3. The number of ether oxygens (including phenoxy) is 1. The van der Waals surface area contributed by atoms with Crippen LogP contribution in [0.25, 0.3) is 10.2 Å². The zero-order valence-corrected chi connectivity index (χ0v) is 20.6. The van der Waals surface area contributed by atoms with Crippen LogP contribution in [0.3, 0.4) is 0 Å². The standard InChI is InChI=1S/C24H31N3O2S.ClH/c1-6-26(7-2)11-12-27(22(28)16-29-20-10-8-9-17(3)14-20)24-25-21-15-18(4)13-19(5)23(21)30-24;/h8-10,13-15H,6-7,11-12,16H2,1-5H3;1H. The van der Waals surface area contributed by atoms with Crippen LogP contribution < -0.4 is 9.64 Å². The fourth-order valence-electron chi connectivity index (χ4n) is 3.52. The van der Waals surface area contributed by atoms with Gasteiger partial charge in [-0.3, -0.25) is 9.69 Å².